The molecule has 0 saturated carbocycles. The van der Waals surface area contributed by atoms with Gasteiger partial charge >= 0.3 is 0 Å². The highest BCUT2D eigenvalue weighted by Gasteiger charge is 2.06. The van der Waals surface area contributed by atoms with Crippen molar-refractivity contribution in [2.75, 3.05) is 37.9 Å². The predicted molar refractivity (Wildman–Crippen MR) is 117 cm³/mol. The lowest BCUT2D eigenvalue weighted by Crippen LogP contribution is -2.29. The molecule has 0 saturated heterocycles. The van der Waals surface area contributed by atoms with Gasteiger partial charge in [-0.2, -0.15) is 4.98 Å². The number of carbonyl (C=O) groups excluding carboxylic acids is 1. The molecule has 0 radical (unpaired) electrons. The van der Waals surface area contributed by atoms with Crippen LogP contribution in [0.4, 0.5) is 17.5 Å². The molecule has 8 heteroatoms. The predicted octanol–water partition coefficient (Wildman–Crippen LogP) is 3.39. The van der Waals surface area contributed by atoms with Crippen molar-refractivity contribution in [2.24, 2.45) is 0 Å². The number of anilines is 3. The molecule has 30 heavy (non-hydrogen) atoms. The van der Waals surface area contributed by atoms with E-state index in [1.165, 1.54) is 0 Å². The normalized spacial score (nSPS) is 10.2. The van der Waals surface area contributed by atoms with E-state index in [9.17, 15) is 4.79 Å². The van der Waals surface area contributed by atoms with Crippen LogP contribution < -0.4 is 25.4 Å². The van der Waals surface area contributed by atoms with Crippen molar-refractivity contribution in [1.82, 2.24) is 15.3 Å². The van der Waals surface area contributed by atoms with Crippen molar-refractivity contribution in [2.45, 2.75) is 6.92 Å². The molecule has 0 aliphatic heterocycles. The molecular formula is C22H25N5O3. The maximum absolute atomic E-state index is 12.2. The topological polar surface area (TPSA) is 97.4 Å². The van der Waals surface area contributed by atoms with Crippen LogP contribution in [0.2, 0.25) is 0 Å². The fourth-order valence-corrected chi connectivity index (χ4v) is 2.73. The molecule has 0 aliphatic carbocycles. The summed E-state index contributed by atoms with van der Waals surface area (Å²) in [5, 5.41) is 9.25. The van der Waals surface area contributed by atoms with Gasteiger partial charge in [0.15, 0.2) is 0 Å². The van der Waals surface area contributed by atoms with E-state index < -0.39 is 0 Å². The van der Waals surface area contributed by atoms with Crippen LogP contribution in [-0.2, 0) is 0 Å². The third-order valence-corrected chi connectivity index (χ3v) is 4.26. The summed E-state index contributed by atoms with van der Waals surface area (Å²) in [6.45, 7) is 2.83. The molecule has 0 unspecified atom stereocenters. The molecule has 156 valence electrons. The molecule has 0 fully saturated rings. The Labute approximate surface area is 175 Å². The number of carbonyl (C=O) groups is 1. The number of ether oxygens (including phenoxy) is 2. The summed E-state index contributed by atoms with van der Waals surface area (Å²) in [7, 11) is 3.22. The highest BCUT2D eigenvalue weighted by molar-refractivity contribution is 5.94. The Morgan fingerprint density at radius 1 is 0.900 bits per heavy atom. The molecule has 1 aromatic heterocycles. The van der Waals surface area contributed by atoms with Crippen molar-refractivity contribution in [3.63, 3.8) is 0 Å². The number of nitrogens with zero attached hydrogens (tertiary/aromatic N) is 2. The van der Waals surface area contributed by atoms with Crippen LogP contribution in [-0.4, -0.2) is 43.2 Å². The molecule has 3 aromatic rings. The average molecular weight is 407 g/mol. The summed E-state index contributed by atoms with van der Waals surface area (Å²) in [6, 6.07) is 16.4. The number of aromatic nitrogens is 2. The van der Waals surface area contributed by atoms with Crippen molar-refractivity contribution in [3.05, 3.63) is 65.9 Å². The first-order chi connectivity index (χ1) is 14.6. The summed E-state index contributed by atoms with van der Waals surface area (Å²) >= 11 is 0. The van der Waals surface area contributed by atoms with Gasteiger partial charge in [0.05, 0.1) is 14.2 Å². The number of benzene rings is 2. The second kappa shape index (κ2) is 10.1. The lowest BCUT2D eigenvalue weighted by molar-refractivity contribution is 0.0955. The second-order valence-electron chi connectivity index (χ2n) is 6.48. The lowest BCUT2D eigenvalue weighted by Gasteiger charge is -2.11. The minimum atomic E-state index is -0.147. The van der Waals surface area contributed by atoms with Gasteiger partial charge < -0.3 is 25.4 Å². The maximum atomic E-state index is 12.2. The van der Waals surface area contributed by atoms with E-state index in [4.69, 9.17) is 9.47 Å². The quantitative estimate of drug-likeness (QED) is 0.468. The number of hydrogen-bond donors (Lipinski definition) is 3. The van der Waals surface area contributed by atoms with Gasteiger partial charge in [-0.25, -0.2) is 4.98 Å². The average Bonchev–Trinajstić information content (AvgIpc) is 2.77. The molecule has 0 atom stereocenters. The van der Waals surface area contributed by atoms with Gasteiger partial charge in [-0.05, 0) is 55.5 Å². The molecule has 0 bridgehead atoms. The zero-order valence-corrected chi connectivity index (χ0v) is 17.2. The van der Waals surface area contributed by atoms with Crippen LogP contribution in [0.1, 0.15) is 16.1 Å². The van der Waals surface area contributed by atoms with E-state index in [-0.39, 0.29) is 5.91 Å². The van der Waals surface area contributed by atoms with E-state index >= 15 is 0 Å². The van der Waals surface area contributed by atoms with E-state index in [0.29, 0.717) is 36.2 Å². The number of hydrogen-bond acceptors (Lipinski definition) is 7. The molecule has 8 nitrogen and oxygen atoms in total. The van der Waals surface area contributed by atoms with E-state index in [1.807, 2.05) is 37.3 Å². The van der Waals surface area contributed by atoms with Crippen molar-refractivity contribution >= 4 is 23.4 Å². The van der Waals surface area contributed by atoms with Crippen LogP contribution >= 0.6 is 0 Å². The SMILES string of the molecule is COc1ccc(Nc2cc(C)nc(NCCNC(=O)c3ccc(OC)cc3)n2)cc1. The third-order valence-electron chi connectivity index (χ3n) is 4.26. The first-order valence-electron chi connectivity index (χ1n) is 9.50. The number of nitrogens with one attached hydrogen (secondary N) is 3. The first-order valence-corrected chi connectivity index (χ1v) is 9.50. The zero-order valence-electron chi connectivity index (χ0n) is 17.2. The van der Waals surface area contributed by atoms with Crippen molar-refractivity contribution < 1.29 is 14.3 Å². The highest BCUT2D eigenvalue weighted by Crippen LogP contribution is 2.20. The molecule has 3 N–H and O–H groups in total. The van der Waals surface area contributed by atoms with Crippen LogP contribution in [0.15, 0.2) is 54.6 Å². The zero-order chi connectivity index (χ0) is 21.3. The fourth-order valence-electron chi connectivity index (χ4n) is 2.73. The van der Waals surface area contributed by atoms with Crippen molar-refractivity contribution in [1.29, 1.82) is 0 Å². The molecular weight excluding hydrogens is 382 g/mol. The van der Waals surface area contributed by atoms with E-state index in [0.717, 1.165) is 17.1 Å². The van der Waals surface area contributed by atoms with Gasteiger partial charge in [0.2, 0.25) is 5.95 Å². The lowest BCUT2D eigenvalue weighted by atomic mass is 10.2. The van der Waals surface area contributed by atoms with Gasteiger partial charge in [0, 0.05) is 36.1 Å². The smallest absolute Gasteiger partial charge is 0.251 e. The van der Waals surface area contributed by atoms with Crippen molar-refractivity contribution in [3.8, 4) is 11.5 Å². The van der Waals surface area contributed by atoms with Gasteiger partial charge in [0.1, 0.15) is 17.3 Å². The Balaban J connectivity index is 1.51. The molecule has 1 heterocycles. The Bertz CT molecular complexity index is 975. The van der Waals surface area contributed by atoms with E-state index in [1.54, 1.807) is 38.5 Å². The summed E-state index contributed by atoms with van der Waals surface area (Å²) in [5.74, 6) is 2.52. The van der Waals surface area contributed by atoms with Crippen LogP contribution in [0, 0.1) is 6.92 Å². The minimum absolute atomic E-state index is 0.147. The monoisotopic (exact) mass is 407 g/mol. The minimum Gasteiger partial charge on any atom is -0.497 e. The number of aryl methyl sites for hydroxylation is 1. The van der Waals surface area contributed by atoms with Gasteiger partial charge in [0.25, 0.3) is 5.91 Å². The molecule has 2 aromatic carbocycles. The Morgan fingerprint density at radius 3 is 2.17 bits per heavy atom. The molecule has 0 aliphatic rings. The fraction of sp³-hybridized carbons (Fsp3) is 0.227. The number of rotatable bonds is 9. The molecule has 3 rings (SSSR count). The summed E-state index contributed by atoms with van der Waals surface area (Å²) in [5.41, 5.74) is 2.30. The van der Waals surface area contributed by atoms with Gasteiger partial charge in [-0.1, -0.05) is 0 Å². The summed E-state index contributed by atoms with van der Waals surface area (Å²) in [6.07, 6.45) is 0. The van der Waals surface area contributed by atoms with Crippen LogP contribution in [0.25, 0.3) is 0 Å². The van der Waals surface area contributed by atoms with Crippen LogP contribution in [0.3, 0.4) is 0 Å². The maximum Gasteiger partial charge on any atom is 0.251 e. The number of methoxy groups -OCH3 is 2. The van der Waals surface area contributed by atoms with Crippen LogP contribution in [0.5, 0.6) is 11.5 Å². The third kappa shape index (κ3) is 5.84. The second-order valence-corrected chi connectivity index (χ2v) is 6.48. The Kier molecular flexibility index (Phi) is 7.05. The largest absolute Gasteiger partial charge is 0.497 e. The van der Waals surface area contributed by atoms with Gasteiger partial charge in [-0.3, -0.25) is 4.79 Å². The first kappa shape index (κ1) is 20.9. The Hall–Kier alpha value is -3.81. The summed E-state index contributed by atoms with van der Waals surface area (Å²) < 4.78 is 10.3. The Morgan fingerprint density at radius 2 is 1.53 bits per heavy atom. The molecule has 0 spiro atoms. The van der Waals surface area contributed by atoms with Gasteiger partial charge in [-0.15, -0.1) is 0 Å². The van der Waals surface area contributed by atoms with E-state index in [2.05, 4.69) is 25.9 Å². The number of amides is 1. The summed E-state index contributed by atoms with van der Waals surface area (Å²) in [4.78, 5) is 21.0. The highest BCUT2D eigenvalue weighted by atomic mass is 16.5. The molecule has 1 amide bonds. The standard InChI is InChI=1S/C22H25N5O3/c1-15-14-20(26-17-6-10-19(30-3)11-7-17)27-22(25-15)24-13-12-23-21(28)16-4-8-18(29-2)9-5-16/h4-11,14H,12-13H2,1-3H3,(H,23,28)(H2,24,25,26,27).